The molecule has 0 heterocycles. The molecule has 0 spiro atoms. The minimum Gasteiger partial charge on any atom is -0.330 e. The van der Waals surface area contributed by atoms with Crippen molar-refractivity contribution in [2.75, 3.05) is 6.54 Å². The number of rotatable bonds is 4. The summed E-state index contributed by atoms with van der Waals surface area (Å²) in [6.07, 6.45) is 4.12. The fraction of sp³-hybridized carbons (Fsp3) is 1.00. The van der Waals surface area contributed by atoms with Crippen LogP contribution in [0.15, 0.2) is 0 Å². The molecule has 0 radical (unpaired) electrons. The molecule has 0 aromatic rings. The second-order valence-corrected chi connectivity index (χ2v) is 3.66. The first-order chi connectivity index (χ1) is 4.79. The fourth-order valence-corrected chi connectivity index (χ4v) is 1.91. The number of hydrogen-bond acceptors (Lipinski definition) is 1. The molecule has 1 heteroatoms. The van der Waals surface area contributed by atoms with E-state index in [2.05, 4.69) is 13.8 Å². The van der Waals surface area contributed by atoms with Crippen molar-refractivity contribution in [2.24, 2.45) is 23.5 Å². The third-order valence-corrected chi connectivity index (χ3v) is 2.75. The van der Waals surface area contributed by atoms with Crippen LogP contribution < -0.4 is 5.73 Å². The highest BCUT2D eigenvalue weighted by Gasteiger charge is 2.38. The van der Waals surface area contributed by atoms with Crippen molar-refractivity contribution in [3.8, 4) is 0 Å². The molecule has 1 aliphatic carbocycles. The van der Waals surface area contributed by atoms with Gasteiger partial charge in [-0.3, -0.25) is 0 Å². The lowest BCUT2D eigenvalue weighted by Crippen LogP contribution is -2.06. The van der Waals surface area contributed by atoms with E-state index in [0.717, 1.165) is 24.3 Å². The minimum atomic E-state index is 0.876. The normalized spacial score (nSPS) is 33.9. The van der Waals surface area contributed by atoms with Crippen LogP contribution in [-0.4, -0.2) is 6.54 Å². The monoisotopic (exact) mass is 141 g/mol. The molecule has 1 unspecified atom stereocenters. The summed E-state index contributed by atoms with van der Waals surface area (Å²) in [5, 5.41) is 0. The molecule has 0 aromatic heterocycles. The van der Waals surface area contributed by atoms with E-state index >= 15 is 0 Å². The Morgan fingerprint density at radius 2 is 2.30 bits per heavy atom. The lowest BCUT2D eigenvalue weighted by molar-refractivity contribution is 0.439. The summed E-state index contributed by atoms with van der Waals surface area (Å²) >= 11 is 0. The van der Waals surface area contributed by atoms with Crippen molar-refractivity contribution >= 4 is 0 Å². The zero-order valence-corrected chi connectivity index (χ0v) is 7.14. The molecule has 0 bridgehead atoms. The van der Waals surface area contributed by atoms with Gasteiger partial charge < -0.3 is 5.73 Å². The van der Waals surface area contributed by atoms with Gasteiger partial charge in [-0.05, 0) is 30.7 Å². The van der Waals surface area contributed by atoms with E-state index < -0.39 is 0 Å². The van der Waals surface area contributed by atoms with Crippen LogP contribution in [0.3, 0.4) is 0 Å². The van der Waals surface area contributed by atoms with E-state index in [1.807, 2.05) is 0 Å². The molecule has 0 saturated heterocycles. The summed E-state index contributed by atoms with van der Waals surface area (Å²) in [4.78, 5) is 0. The van der Waals surface area contributed by atoms with Crippen molar-refractivity contribution in [1.82, 2.24) is 0 Å². The maximum atomic E-state index is 5.56. The van der Waals surface area contributed by atoms with E-state index in [4.69, 9.17) is 5.73 Å². The highest BCUT2D eigenvalue weighted by Crippen LogP contribution is 2.44. The Kier molecular flexibility index (Phi) is 2.72. The Morgan fingerprint density at radius 3 is 2.70 bits per heavy atom. The average Bonchev–Trinajstić information content (AvgIpc) is 2.66. The first kappa shape index (κ1) is 8.06. The molecule has 10 heavy (non-hydrogen) atoms. The summed E-state index contributed by atoms with van der Waals surface area (Å²) in [5.41, 5.74) is 5.56. The zero-order chi connectivity index (χ0) is 7.56. The Balaban J connectivity index is 2.12. The van der Waals surface area contributed by atoms with Crippen molar-refractivity contribution in [2.45, 2.75) is 33.1 Å². The summed E-state index contributed by atoms with van der Waals surface area (Å²) in [6.45, 7) is 5.54. The summed E-state index contributed by atoms with van der Waals surface area (Å²) in [7, 11) is 0. The standard InChI is InChI=1S/C9H19N/c1-3-4-7(2)9-5-8(9)6-10/h7-9H,3-6,10H2,1-2H3/t7?,8-,9+/m0/s1. The lowest BCUT2D eigenvalue weighted by Gasteiger charge is -2.07. The highest BCUT2D eigenvalue weighted by molar-refractivity contribution is 4.89. The second kappa shape index (κ2) is 3.38. The van der Waals surface area contributed by atoms with Crippen LogP contribution in [0.2, 0.25) is 0 Å². The first-order valence-electron chi connectivity index (χ1n) is 4.49. The Morgan fingerprint density at radius 1 is 1.60 bits per heavy atom. The van der Waals surface area contributed by atoms with Crippen LogP contribution in [0.4, 0.5) is 0 Å². The summed E-state index contributed by atoms with van der Waals surface area (Å²) in [5.74, 6) is 2.78. The largest absolute Gasteiger partial charge is 0.330 e. The van der Waals surface area contributed by atoms with Crippen LogP contribution in [-0.2, 0) is 0 Å². The van der Waals surface area contributed by atoms with Crippen LogP contribution in [0.1, 0.15) is 33.1 Å². The maximum absolute atomic E-state index is 5.56. The van der Waals surface area contributed by atoms with Gasteiger partial charge in [0.1, 0.15) is 0 Å². The molecular formula is C9H19N. The van der Waals surface area contributed by atoms with Gasteiger partial charge in [-0.1, -0.05) is 26.7 Å². The van der Waals surface area contributed by atoms with Gasteiger partial charge in [0.25, 0.3) is 0 Å². The van der Waals surface area contributed by atoms with E-state index in [1.165, 1.54) is 19.3 Å². The van der Waals surface area contributed by atoms with Crippen molar-refractivity contribution in [3.63, 3.8) is 0 Å². The van der Waals surface area contributed by atoms with Gasteiger partial charge in [0.05, 0.1) is 0 Å². The molecule has 2 N–H and O–H groups in total. The van der Waals surface area contributed by atoms with Gasteiger partial charge >= 0.3 is 0 Å². The van der Waals surface area contributed by atoms with Gasteiger partial charge in [-0.25, -0.2) is 0 Å². The lowest BCUT2D eigenvalue weighted by atomic mass is 9.99. The minimum absolute atomic E-state index is 0.876. The van der Waals surface area contributed by atoms with Crippen LogP contribution >= 0.6 is 0 Å². The fourth-order valence-electron chi connectivity index (χ4n) is 1.91. The Bertz CT molecular complexity index is 101. The van der Waals surface area contributed by atoms with Crippen LogP contribution in [0.25, 0.3) is 0 Å². The molecule has 1 saturated carbocycles. The Hall–Kier alpha value is -0.0400. The molecule has 1 rings (SSSR count). The predicted molar refractivity (Wildman–Crippen MR) is 44.7 cm³/mol. The van der Waals surface area contributed by atoms with Crippen LogP contribution in [0.5, 0.6) is 0 Å². The molecule has 1 fully saturated rings. The smallest absolute Gasteiger partial charge is 0.00460 e. The quantitative estimate of drug-likeness (QED) is 0.637. The summed E-state index contributed by atoms with van der Waals surface area (Å²) in [6, 6.07) is 0. The van der Waals surface area contributed by atoms with Gasteiger partial charge in [0.2, 0.25) is 0 Å². The molecular weight excluding hydrogens is 122 g/mol. The maximum Gasteiger partial charge on any atom is -0.00460 e. The number of nitrogens with two attached hydrogens (primary N) is 1. The van der Waals surface area contributed by atoms with Gasteiger partial charge in [-0.2, -0.15) is 0 Å². The third kappa shape index (κ3) is 1.72. The molecule has 0 aliphatic heterocycles. The predicted octanol–water partition coefficient (Wildman–Crippen LogP) is 2.02. The second-order valence-electron chi connectivity index (χ2n) is 3.66. The van der Waals surface area contributed by atoms with E-state index in [1.54, 1.807) is 0 Å². The number of hydrogen-bond donors (Lipinski definition) is 1. The molecule has 60 valence electrons. The zero-order valence-electron chi connectivity index (χ0n) is 7.14. The highest BCUT2D eigenvalue weighted by atomic mass is 14.6. The Labute approximate surface area is 64.0 Å². The SMILES string of the molecule is CCCC(C)[C@H]1C[C@H]1CN. The summed E-state index contributed by atoms with van der Waals surface area (Å²) < 4.78 is 0. The van der Waals surface area contributed by atoms with Gasteiger partial charge in [0, 0.05) is 0 Å². The average molecular weight is 141 g/mol. The van der Waals surface area contributed by atoms with E-state index in [0.29, 0.717) is 0 Å². The first-order valence-corrected chi connectivity index (χ1v) is 4.49. The topological polar surface area (TPSA) is 26.0 Å². The van der Waals surface area contributed by atoms with E-state index in [-0.39, 0.29) is 0 Å². The van der Waals surface area contributed by atoms with Crippen molar-refractivity contribution in [3.05, 3.63) is 0 Å². The molecule has 3 atom stereocenters. The molecule has 0 aromatic carbocycles. The van der Waals surface area contributed by atoms with E-state index in [9.17, 15) is 0 Å². The third-order valence-electron chi connectivity index (χ3n) is 2.75. The molecule has 1 nitrogen and oxygen atoms in total. The molecule has 1 aliphatic rings. The van der Waals surface area contributed by atoms with Gasteiger partial charge in [0.15, 0.2) is 0 Å². The van der Waals surface area contributed by atoms with Crippen molar-refractivity contribution in [1.29, 1.82) is 0 Å². The molecule has 0 amide bonds. The van der Waals surface area contributed by atoms with Crippen LogP contribution in [0, 0.1) is 17.8 Å². The van der Waals surface area contributed by atoms with Gasteiger partial charge in [-0.15, -0.1) is 0 Å². The van der Waals surface area contributed by atoms with Crippen molar-refractivity contribution < 1.29 is 0 Å².